The van der Waals surface area contributed by atoms with E-state index in [9.17, 15) is 14.7 Å². The van der Waals surface area contributed by atoms with Gasteiger partial charge in [0.15, 0.2) is 0 Å². The molecule has 0 spiro atoms. The summed E-state index contributed by atoms with van der Waals surface area (Å²) in [6, 6.07) is 5.23. The second kappa shape index (κ2) is 5.31. The number of rotatable bonds is 3. The van der Waals surface area contributed by atoms with Gasteiger partial charge in [0, 0.05) is 10.7 Å². The van der Waals surface area contributed by atoms with Crippen molar-refractivity contribution in [1.82, 2.24) is 0 Å². The second-order valence-electron chi connectivity index (χ2n) is 5.63. The molecular weight excluding hydrogens is 294 g/mol. The topological polar surface area (TPSA) is 75.6 Å². The fourth-order valence-electron chi connectivity index (χ4n) is 3.22. The van der Waals surface area contributed by atoms with Gasteiger partial charge >= 0.3 is 5.97 Å². The number of fused-ring (bicyclic) bond motifs is 2. The van der Waals surface area contributed by atoms with Gasteiger partial charge in [-0.15, -0.1) is 0 Å². The lowest BCUT2D eigenvalue weighted by atomic mass is 9.78. The normalized spacial score (nSPS) is 30.4. The summed E-state index contributed by atoms with van der Waals surface area (Å²) in [4.78, 5) is 23.8. The number of carbonyl (C=O) groups is 2. The van der Waals surface area contributed by atoms with Crippen LogP contribution in [0.1, 0.15) is 18.4 Å². The predicted octanol–water partition coefficient (Wildman–Crippen LogP) is 2.47. The molecule has 0 radical (unpaired) electrons. The Morgan fingerprint density at radius 1 is 1.29 bits per heavy atom. The number of ether oxygens (including phenoxy) is 1. The molecule has 1 amide bonds. The molecule has 2 bridgehead atoms. The second-order valence-corrected chi connectivity index (χ2v) is 6.04. The Balaban J connectivity index is 1.78. The van der Waals surface area contributed by atoms with Gasteiger partial charge in [-0.25, -0.2) is 0 Å². The Morgan fingerprint density at radius 2 is 1.95 bits per heavy atom. The number of aryl methyl sites for hydroxylation is 1. The van der Waals surface area contributed by atoms with E-state index >= 15 is 0 Å². The molecule has 4 atom stereocenters. The van der Waals surface area contributed by atoms with E-state index in [1.807, 2.05) is 13.0 Å². The van der Waals surface area contributed by atoms with Gasteiger partial charge in [0.2, 0.25) is 5.91 Å². The SMILES string of the molecule is Cc1ccc(NC(=O)[C@@H]2[C@H](C(=O)O)[C@H]3CC[C@@H]2O3)cc1Cl. The maximum absolute atomic E-state index is 12.4. The minimum Gasteiger partial charge on any atom is -0.481 e. The Kier molecular flexibility index (Phi) is 3.63. The monoisotopic (exact) mass is 309 g/mol. The van der Waals surface area contributed by atoms with Crippen LogP contribution >= 0.6 is 11.6 Å². The van der Waals surface area contributed by atoms with Crippen molar-refractivity contribution < 1.29 is 19.4 Å². The molecule has 5 nitrogen and oxygen atoms in total. The van der Waals surface area contributed by atoms with E-state index in [0.717, 1.165) is 12.0 Å². The highest BCUT2D eigenvalue weighted by molar-refractivity contribution is 6.31. The molecule has 0 saturated carbocycles. The fraction of sp³-hybridized carbons (Fsp3) is 0.467. The number of nitrogens with one attached hydrogen (secondary N) is 1. The zero-order valence-electron chi connectivity index (χ0n) is 11.5. The van der Waals surface area contributed by atoms with Crippen LogP contribution in [0.3, 0.4) is 0 Å². The fourth-order valence-corrected chi connectivity index (χ4v) is 3.40. The van der Waals surface area contributed by atoms with Gasteiger partial charge in [-0.05, 0) is 37.5 Å². The van der Waals surface area contributed by atoms with E-state index in [0.29, 0.717) is 17.1 Å². The molecule has 3 rings (SSSR count). The van der Waals surface area contributed by atoms with Crippen molar-refractivity contribution >= 4 is 29.2 Å². The number of carboxylic acid groups (broad SMARTS) is 1. The molecule has 2 aliphatic rings. The molecule has 0 unspecified atom stereocenters. The largest absolute Gasteiger partial charge is 0.481 e. The lowest BCUT2D eigenvalue weighted by molar-refractivity contribution is -0.147. The van der Waals surface area contributed by atoms with Crippen LogP contribution in [-0.2, 0) is 14.3 Å². The van der Waals surface area contributed by atoms with Crippen molar-refractivity contribution in [3.63, 3.8) is 0 Å². The standard InChI is InChI=1S/C15H16ClNO4/c1-7-2-3-8(6-9(7)16)17-14(18)12-10-4-5-11(21-10)13(12)15(19)20/h2-3,6,10-13H,4-5H2,1H3,(H,17,18)(H,19,20)/t10-,11+,12-,13+/m0/s1. The number of carbonyl (C=O) groups excluding carboxylic acids is 1. The highest BCUT2D eigenvalue weighted by atomic mass is 35.5. The molecule has 2 fully saturated rings. The minimum atomic E-state index is -0.968. The summed E-state index contributed by atoms with van der Waals surface area (Å²) in [5.74, 6) is -2.68. The van der Waals surface area contributed by atoms with Crippen LogP contribution in [0.4, 0.5) is 5.69 Å². The van der Waals surface area contributed by atoms with E-state index in [1.54, 1.807) is 12.1 Å². The van der Waals surface area contributed by atoms with Gasteiger partial charge in [0.05, 0.1) is 24.0 Å². The number of anilines is 1. The van der Waals surface area contributed by atoms with Gasteiger partial charge in [0.1, 0.15) is 0 Å². The Morgan fingerprint density at radius 3 is 2.57 bits per heavy atom. The molecule has 1 aromatic rings. The molecule has 2 aliphatic heterocycles. The van der Waals surface area contributed by atoms with E-state index in [2.05, 4.69) is 5.32 Å². The van der Waals surface area contributed by atoms with Crippen LogP contribution in [-0.4, -0.2) is 29.2 Å². The first kappa shape index (κ1) is 14.4. The summed E-state index contributed by atoms with van der Waals surface area (Å²) in [6.07, 6.45) is 0.810. The van der Waals surface area contributed by atoms with E-state index in [4.69, 9.17) is 16.3 Å². The van der Waals surface area contributed by atoms with E-state index < -0.39 is 17.8 Å². The molecule has 0 aromatic heterocycles. The molecule has 1 aromatic carbocycles. The van der Waals surface area contributed by atoms with Crippen molar-refractivity contribution in [2.75, 3.05) is 5.32 Å². The number of hydrogen-bond donors (Lipinski definition) is 2. The molecular formula is C15H16ClNO4. The molecule has 6 heteroatoms. The van der Waals surface area contributed by atoms with Crippen molar-refractivity contribution in [1.29, 1.82) is 0 Å². The molecule has 2 N–H and O–H groups in total. The van der Waals surface area contributed by atoms with Crippen molar-refractivity contribution in [2.45, 2.75) is 32.0 Å². The summed E-state index contributed by atoms with van der Waals surface area (Å²) < 4.78 is 5.59. The van der Waals surface area contributed by atoms with Crippen LogP contribution in [0.25, 0.3) is 0 Å². The summed E-state index contributed by atoms with van der Waals surface area (Å²) in [5, 5.41) is 12.6. The first-order valence-corrected chi connectivity index (χ1v) is 7.30. The Hall–Kier alpha value is -1.59. The zero-order valence-corrected chi connectivity index (χ0v) is 12.3. The third-order valence-electron chi connectivity index (χ3n) is 4.30. The zero-order chi connectivity index (χ0) is 15.1. The van der Waals surface area contributed by atoms with E-state index in [1.165, 1.54) is 0 Å². The highest BCUT2D eigenvalue weighted by Gasteiger charge is 2.55. The summed E-state index contributed by atoms with van der Waals surface area (Å²) in [7, 11) is 0. The van der Waals surface area contributed by atoms with Crippen LogP contribution < -0.4 is 5.32 Å². The van der Waals surface area contributed by atoms with Gasteiger partial charge < -0.3 is 15.2 Å². The van der Waals surface area contributed by atoms with Crippen LogP contribution in [0.5, 0.6) is 0 Å². The number of halogens is 1. The number of carboxylic acids is 1. The Bertz CT molecular complexity index is 603. The molecule has 112 valence electrons. The lowest BCUT2D eigenvalue weighted by Crippen LogP contribution is -2.40. The summed E-state index contributed by atoms with van der Waals surface area (Å²) >= 11 is 6.03. The maximum Gasteiger partial charge on any atom is 0.310 e. The Labute approximate surface area is 127 Å². The smallest absolute Gasteiger partial charge is 0.310 e. The molecule has 0 aliphatic carbocycles. The third kappa shape index (κ3) is 2.51. The molecule has 2 heterocycles. The van der Waals surface area contributed by atoms with Gasteiger partial charge in [0.25, 0.3) is 0 Å². The van der Waals surface area contributed by atoms with Crippen LogP contribution in [0.2, 0.25) is 5.02 Å². The molecule has 21 heavy (non-hydrogen) atoms. The summed E-state index contributed by atoms with van der Waals surface area (Å²) in [5.41, 5.74) is 1.49. The number of amides is 1. The van der Waals surface area contributed by atoms with Gasteiger partial charge in [-0.2, -0.15) is 0 Å². The van der Waals surface area contributed by atoms with Crippen molar-refractivity contribution in [3.05, 3.63) is 28.8 Å². The maximum atomic E-state index is 12.4. The molecule has 2 saturated heterocycles. The van der Waals surface area contributed by atoms with Gasteiger partial charge in [-0.1, -0.05) is 17.7 Å². The average molecular weight is 310 g/mol. The number of benzene rings is 1. The van der Waals surface area contributed by atoms with Crippen molar-refractivity contribution in [3.8, 4) is 0 Å². The van der Waals surface area contributed by atoms with Crippen molar-refractivity contribution in [2.24, 2.45) is 11.8 Å². The first-order valence-electron chi connectivity index (χ1n) is 6.92. The quantitative estimate of drug-likeness (QED) is 0.899. The van der Waals surface area contributed by atoms with E-state index in [-0.39, 0.29) is 18.1 Å². The van der Waals surface area contributed by atoms with Crippen LogP contribution in [0, 0.1) is 18.8 Å². The van der Waals surface area contributed by atoms with Gasteiger partial charge in [-0.3, -0.25) is 9.59 Å². The minimum absolute atomic E-state index is 0.294. The summed E-state index contributed by atoms with van der Waals surface area (Å²) in [6.45, 7) is 1.87. The first-order chi connectivity index (χ1) is 9.97. The lowest BCUT2D eigenvalue weighted by Gasteiger charge is -2.23. The number of aliphatic carboxylic acids is 1. The number of hydrogen-bond acceptors (Lipinski definition) is 3. The average Bonchev–Trinajstić information content (AvgIpc) is 3.03. The third-order valence-corrected chi connectivity index (χ3v) is 4.71. The van der Waals surface area contributed by atoms with Crippen LogP contribution in [0.15, 0.2) is 18.2 Å². The highest BCUT2D eigenvalue weighted by Crippen LogP contribution is 2.44. The predicted molar refractivity (Wildman–Crippen MR) is 77.3 cm³/mol.